The van der Waals surface area contributed by atoms with Crippen molar-refractivity contribution in [1.82, 2.24) is 0 Å². The molecule has 0 aromatic heterocycles. The van der Waals surface area contributed by atoms with Gasteiger partial charge in [-0.3, -0.25) is 0 Å². The molecule has 0 spiro atoms. The molecule has 2 aromatic carbocycles. The molecule has 0 fully saturated rings. The fraction of sp³-hybridized carbons (Fsp3) is 0.333. The lowest BCUT2D eigenvalue weighted by Crippen LogP contribution is -2.13. The van der Waals surface area contributed by atoms with Crippen molar-refractivity contribution in [3.05, 3.63) is 59.7 Å². The second-order valence-corrected chi connectivity index (χ2v) is 12.1. The van der Waals surface area contributed by atoms with E-state index >= 15 is 0 Å². The molecular weight excluding hydrogens is 443 g/mol. The molecule has 0 amide bonds. The summed E-state index contributed by atoms with van der Waals surface area (Å²) in [6, 6.07) is 13.1. The van der Waals surface area contributed by atoms with E-state index in [1.54, 1.807) is 48.5 Å². The summed E-state index contributed by atoms with van der Waals surface area (Å²) in [5.41, 5.74) is 1.93. The topological polar surface area (TPSA) is 86.7 Å². The SMILES string of the molecule is Cc1ccc(S(=O)(=O)CCOP(Cl)OCCS(=O)(=O)c2ccc(C)cc2)cc1. The predicted octanol–water partition coefficient (Wildman–Crippen LogP) is 4.05. The highest BCUT2D eigenvalue weighted by Crippen LogP contribution is 2.43. The summed E-state index contributed by atoms with van der Waals surface area (Å²) in [5.74, 6) is -0.487. The first-order valence-electron chi connectivity index (χ1n) is 8.41. The van der Waals surface area contributed by atoms with Gasteiger partial charge in [0.1, 0.15) is 0 Å². The van der Waals surface area contributed by atoms with Crippen LogP contribution >= 0.6 is 19.0 Å². The predicted molar refractivity (Wildman–Crippen MR) is 111 cm³/mol. The van der Waals surface area contributed by atoms with Crippen LogP contribution in [0.15, 0.2) is 58.3 Å². The summed E-state index contributed by atoms with van der Waals surface area (Å²) < 4.78 is 59.2. The molecule has 0 saturated carbocycles. The molecule has 0 aliphatic rings. The third kappa shape index (κ3) is 7.10. The zero-order valence-corrected chi connectivity index (χ0v) is 18.8. The number of rotatable bonds is 10. The molecule has 0 aliphatic heterocycles. The lowest BCUT2D eigenvalue weighted by atomic mass is 10.2. The number of aryl methyl sites for hydroxylation is 2. The Morgan fingerprint density at radius 1 is 0.714 bits per heavy atom. The highest BCUT2D eigenvalue weighted by atomic mass is 35.7. The summed E-state index contributed by atoms with van der Waals surface area (Å²) >= 11 is 5.90. The quantitative estimate of drug-likeness (QED) is 0.493. The molecule has 0 radical (unpaired) electrons. The maximum absolute atomic E-state index is 12.2. The van der Waals surface area contributed by atoms with Crippen LogP contribution in [0, 0.1) is 13.8 Å². The van der Waals surface area contributed by atoms with Crippen molar-refractivity contribution in [2.75, 3.05) is 24.7 Å². The van der Waals surface area contributed by atoms with Gasteiger partial charge in [0.15, 0.2) is 19.7 Å². The Balaban J connectivity index is 1.76. The lowest BCUT2D eigenvalue weighted by Gasteiger charge is -2.11. The Labute approximate surface area is 172 Å². The minimum Gasteiger partial charge on any atom is -0.321 e. The van der Waals surface area contributed by atoms with Gasteiger partial charge in [-0.15, -0.1) is 0 Å². The van der Waals surface area contributed by atoms with Crippen LogP contribution in [0.1, 0.15) is 11.1 Å². The van der Waals surface area contributed by atoms with Crippen molar-refractivity contribution >= 4 is 38.6 Å². The van der Waals surface area contributed by atoms with Crippen LogP contribution in [-0.2, 0) is 28.7 Å². The van der Waals surface area contributed by atoms with Crippen molar-refractivity contribution in [2.45, 2.75) is 23.6 Å². The van der Waals surface area contributed by atoms with E-state index in [1.807, 2.05) is 13.8 Å². The second kappa shape index (κ2) is 10.1. The van der Waals surface area contributed by atoms with Gasteiger partial charge in [0.2, 0.25) is 0 Å². The van der Waals surface area contributed by atoms with Crippen LogP contribution in [0.3, 0.4) is 0 Å². The molecule has 0 heterocycles. The first kappa shape index (κ1) is 23.3. The molecule has 0 saturated heterocycles. The first-order valence-corrected chi connectivity index (χ1v) is 13.8. The van der Waals surface area contributed by atoms with Gasteiger partial charge >= 0.3 is 0 Å². The minimum atomic E-state index is -3.48. The number of benzene rings is 2. The minimum absolute atomic E-state index is 0.143. The Morgan fingerprint density at radius 3 is 1.36 bits per heavy atom. The van der Waals surface area contributed by atoms with Gasteiger partial charge in [0.25, 0.3) is 7.73 Å². The Hall–Kier alpha value is -1.02. The van der Waals surface area contributed by atoms with Gasteiger partial charge < -0.3 is 9.05 Å². The van der Waals surface area contributed by atoms with E-state index in [0.717, 1.165) is 11.1 Å². The molecule has 154 valence electrons. The Morgan fingerprint density at radius 2 is 1.04 bits per heavy atom. The van der Waals surface area contributed by atoms with Crippen molar-refractivity contribution < 1.29 is 25.9 Å². The first-order chi connectivity index (χ1) is 13.1. The molecule has 2 aromatic rings. The van der Waals surface area contributed by atoms with Gasteiger partial charge in [0.05, 0.1) is 34.5 Å². The van der Waals surface area contributed by atoms with Crippen LogP contribution in [0.2, 0.25) is 0 Å². The molecule has 0 bridgehead atoms. The molecule has 0 unspecified atom stereocenters. The van der Waals surface area contributed by atoms with Gasteiger partial charge in [0, 0.05) is 0 Å². The van der Waals surface area contributed by atoms with Gasteiger partial charge in [-0.05, 0) is 49.4 Å². The highest BCUT2D eigenvalue weighted by molar-refractivity contribution is 7.91. The number of halogens is 1. The van der Waals surface area contributed by atoms with Crippen LogP contribution in [0.25, 0.3) is 0 Å². The van der Waals surface area contributed by atoms with E-state index in [-0.39, 0.29) is 34.5 Å². The smallest absolute Gasteiger partial charge is 0.276 e. The Bertz CT molecular complexity index is 892. The van der Waals surface area contributed by atoms with Crippen molar-refractivity contribution in [3.8, 4) is 0 Å². The molecule has 6 nitrogen and oxygen atoms in total. The zero-order chi connectivity index (χ0) is 20.8. The summed E-state index contributed by atoms with van der Waals surface area (Å²) in [5, 5.41) is 0. The molecule has 0 aliphatic carbocycles. The summed E-state index contributed by atoms with van der Waals surface area (Å²) in [7, 11) is -8.85. The molecule has 2 rings (SSSR count). The normalized spacial score (nSPS) is 12.4. The summed E-state index contributed by atoms with van der Waals surface area (Å²) in [6.45, 7) is 3.46. The van der Waals surface area contributed by atoms with Crippen LogP contribution in [0.4, 0.5) is 0 Å². The van der Waals surface area contributed by atoms with Crippen molar-refractivity contribution in [1.29, 1.82) is 0 Å². The van der Waals surface area contributed by atoms with Crippen LogP contribution in [-0.4, -0.2) is 41.6 Å². The van der Waals surface area contributed by atoms with Gasteiger partial charge in [-0.1, -0.05) is 35.4 Å². The average molecular weight is 465 g/mol. The molecular formula is C18H22ClO6PS2. The summed E-state index contributed by atoms with van der Waals surface area (Å²) in [4.78, 5) is 0.427. The van der Waals surface area contributed by atoms with Crippen molar-refractivity contribution in [2.24, 2.45) is 0 Å². The van der Waals surface area contributed by atoms with Gasteiger partial charge in [-0.2, -0.15) is 0 Å². The second-order valence-electron chi connectivity index (χ2n) is 6.14. The fourth-order valence-electron chi connectivity index (χ4n) is 2.20. The van der Waals surface area contributed by atoms with Gasteiger partial charge in [-0.25, -0.2) is 16.8 Å². The third-order valence-electron chi connectivity index (χ3n) is 3.85. The molecule has 28 heavy (non-hydrogen) atoms. The third-order valence-corrected chi connectivity index (χ3v) is 8.60. The van der Waals surface area contributed by atoms with E-state index in [4.69, 9.17) is 20.3 Å². The number of sulfone groups is 2. The zero-order valence-electron chi connectivity index (χ0n) is 15.5. The molecule has 0 N–H and O–H groups in total. The lowest BCUT2D eigenvalue weighted by molar-refractivity contribution is 0.283. The number of hydrogen-bond donors (Lipinski definition) is 0. The van der Waals surface area contributed by atoms with Crippen LogP contribution in [0.5, 0.6) is 0 Å². The average Bonchev–Trinajstić information content (AvgIpc) is 2.62. The fourth-order valence-corrected chi connectivity index (χ4v) is 5.59. The van der Waals surface area contributed by atoms with Crippen molar-refractivity contribution in [3.63, 3.8) is 0 Å². The van der Waals surface area contributed by atoms with E-state index in [9.17, 15) is 16.8 Å². The van der Waals surface area contributed by atoms with E-state index < -0.39 is 27.4 Å². The maximum Gasteiger partial charge on any atom is 0.276 e. The molecule has 10 heteroatoms. The van der Waals surface area contributed by atoms with E-state index in [1.165, 1.54) is 0 Å². The van der Waals surface area contributed by atoms with E-state index in [2.05, 4.69) is 0 Å². The Kier molecular flexibility index (Phi) is 8.43. The number of hydrogen-bond acceptors (Lipinski definition) is 6. The largest absolute Gasteiger partial charge is 0.321 e. The molecule has 0 atom stereocenters. The van der Waals surface area contributed by atoms with E-state index in [0.29, 0.717) is 0 Å². The van der Waals surface area contributed by atoms with Crippen LogP contribution < -0.4 is 0 Å². The summed E-state index contributed by atoms with van der Waals surface area (Å²) in [6.07, 6.45) is 0. The highest BCUT2D eigenvalue weighted by Gasteiger charge is 2.18. The standard InChI is InChI=1S/C18H22ClO6PS2/c1-15-3-7-17(8-4-15)27(20,21)13-11-24-26(19)25-12-14-28(22,23)18-9-5-16(2)6-10-18/h3-10H,11-14H2,1-2H3. The monoisotopic (exact) mass is 464 g/mol. The maximum atomic E-state index is 12.2.